The Morgan fingerprint density at radius 3 is 2.73 bits per heavy atom. The largest absolute Gasteiger partial charge is 0.489 e. The molecule has 4 heterocycles. The Labute approximate surface area is 211 Å². The van der Waals surface area contributed by atoms with Crippen molar-refractivity contribution in [1.82, 2.24) is 39.9 Å². The molecule has 1 aliphatic heterocycles. The molecule has 5 rings (SSSR count). The van der Waals surface area contributed by atoms with Crippen LogP contribution in [-0.4, -0.2) is 80.3 Å². The minimum Gasteiger partial charge on any atom is -0.489 e. The van der Waals surface area contributed by atoms with Crippen molar-refractivity contribution in [2.75, 3.05) is 46.2 Å². The number of aromatic nitrogens is 7. The zero-order chi connectivity index (χ0) is 25.9. The maximum atomic E-state index is 15.1. The summed E-state index contributed by atoms with van der Waals surface area (Å²) in [6.07, 6.45) is 7.10. The molecule has 37 heavy (non-hydrogen) atoms. The van der Waals surface area contributed by atoms with Gasteiger partial charge in [-0.25, -0.2) is 9.37 Å². The normalized spacial score (nSPS) is 14.4. The smallest absolute Gasteiger partial charge is 0.202 e. The van der Waals surface area contributed by atoms with E-state index >= 15 is 4.39 Å². The van der Waals surface area contributed by atoms with Crippen LogP contribution < -0.4 is 10.5 Å². The average molecular weight is 512 g/mol. The van der Waals surface area contributed by atoms with Gasteiger partial charge in [0.05, 0.1) is 17.8 Å². The second-order valence-electron chi connectivity index (χ2n) is 8.99. The topological polar surface area (TPSA) is 122 Å². The van der Waals surface area contributed by atoms with Crippen LogP contribution in [0.25, 0.3) is 28.2 Å². The van der Waals surface area contributed by atoms with Crippen LogP contribution in [0.1, 0.15) is 18.9 Å². The zero-order valence-electron chi connectivity index (χ0n) is 20.5. The molecule has 4 aromatic rings. The molecular formula is C24H27F2N9O2. The van der Waals surface area contributed by atoms with Gasteiger partial charge in [0.15, 0.2) is 17.4 Å². The van der Waals surface area contributed by atoms with Crippen LogP contribution in [-0.2, 0) is 4.74 Å². The second-order valence-corrected chi connectivity index (χ2v) is 8.99. The molecule has 194 valence electrons. The average Bonchev–Trinajstić information content (AvgIpc) is 3.58. The minimum absolute atomic E-state index is 0.114. The summed E-state index contributed by atoms with van der Waals surface area (Å²) < 4.78 is 43.7. The minimum atomic E-state index is -1.14. The zero-order valence-corrected chi connectivity index (χ0v) is 20.5. The summed E-state index contributed by atoms with van der Waals surface area (Å²) in [5.74, 6) is -2.21. The predicted octanol–water partition coefficient (Wildman–Crippen LogP) is 2.74. The highest BCUT2D eigenvalue weighted by atomic mass is 19.2. The van der Waals surface area contributed by atoms with Gasteiger partial charge in [0.1, 0.15) is 18.1 Å². The van der Waals surface area contributed by atoms with Crippen molar-refractivity contribution in [1.29, 1.82) is 0 Å². The fraction of sp³-hybridized carbons (Fsp3) is 0.375. The Balaban J connectivity index is 1.45. The molecule has 0 unspecified atom stereocenters. The molecule has 3 aromatic heterocycles. The van der Waals surface area contributed by atoms with Crippen LogP contribution in [0, 0.1) is 11.6 Å². The Bertz CT molecular complexity index is 1380. The van der Waals surface area contributed by atoms with E-state index in [1.54, 1.807) is 18.5 Å². The molecule has 1 fully saturated rings. The van der Waals surface area contributed by atoms with Crippen molar-refractivity contribution in [3.05, 3.63) is 48.4 Å². The lowest BCUT2D eigenvalue weighted by molar-refractivity contribution is 0.0662. The first-order valence-electron chi connectivity index (χ1n) is 11.8. The van der Waals surface area contributed by atoms with E-state index in [4.69, 9.17) is 15.2 Å². The third kappa shape index (κ3) is 5.13. The monoisotopic (exact) mass is 511 g/mol. The lowest BCUT2D eigenvalue weighted by Gasteiger charge is -2.22. The van der Waals surface area contributed by atoms with Crippen molar-refractivity contribution < 1.29 is 18.3 Å². The second kappa shape index (κ2) is 10.6. The van der Waals surface area contributed by atoms with Crippen LogP contribution in [0.4, 0.5) is 14.6 Å². The predicted molar refractivity (Wildman–Crippen MR) is 131 cm³/mol. The Kier molecular flexibility index (Phi) is 7.06. The summed E-state index contributed by atoms with van der Waals surface area (Å²) in [5, 5.41) is 16.1. The van der Waals surface area contributed by atoms with E-state index in [0.29, 0.717) is 25.3 Å². The Morgan fingerprint density at radius 1 is 1.14 bits per heavy atom. The van der Waals surface area contributed by atoms with Gasteiger partial charge in [0.2, 0.25) is 5.82 Å². The quantitative estimate of drug-likeness (QED) is 0.380. The summed E-state index contributed by atoms with van der Waals surface area (Å²) >= 11 is 0. The fourth-order valence-corrected chi connectivity index (χ4v) is 4.10. The van der Waals surface area contributed by atoms with Crippen LogP contribution in [0.2, 0.25) is 0 Å². The summed E-state index contributed by atoms with van der Waals surface area (Å²) in [5.41, 5.74) is 7.89. The molecule has 0 saturated carbocycles. The molecule has 0 radical (unpaired) electrons. The highest BCUT2D eigenvalue weighted by molar-refractivity contribution is 5.76. The number of hydrogen-bond acceptors (Lipinski definition) is 9. The number of likely N-dealkylation sites (N-methyl/N-ethyl adjacent to an activating group) is 1. The van der Waals surface area contributed by atoms with Crippen molar-refractivity contribution in [2.45, 2.75) is 18.9 Å². The molecule has 11 nitrogen and oxygen atoms in total. The molecule has 1 aromatic carbocycles. The Hall–Kier alpha value is -3.97. The van der Waals surface area contributed by atoms with Crippen LogP contribution >= 0.6 is 0 Å². The number of nitrogen functional groups attached to an aromatic ring is 1. The van der Waals surface area contributed by atoms with E-state index in [1.165, 1.54) is 12.1 Å². The van der Waals surface area contributed by atoms with E-state index in [1.807, 2.05) is 29.9 Å². The summed E-state index contributed by atoms with van der Waals surface area (Å²) in [6.45, 7) is 2.17. The van der Waals surface area contributed by atoms with Crippen molar-refractivity contribution in [3.8, 4) is 34.0 Å². The van der Waals surface area contributed by atoms with Gasteiger partial charge in [-0.1, -0.05) is 0 Å². The van der Waals surface area contributed by atoms with E-state index in [2.05, 4.69) is 25.6 Å². The maximum Gasteiger partial charge on any atom is 0.202 e. The number of nitrogens with two attached hydrogens (primary N) is 1. The number of pyridine rings is 1. The number of tetrazole rings is 1. The van der Waals surface area contributed by atoms with E-state index < -0.39 is 11.6 Å². The first-order chi connectivity index (χ1) is 17.9. The van der Waals surface area contributed by atoms with Crippen LogP contribution in [0.3, 0.4) is 0 Å². The van der Waals surface area contributed by atoms with Gasteiger partial charge in [0, 0.05) is 43.3 Å². The summed E-state index contributed by atoms with van der Waals surface area (Å²) in [7, 11) is 3.72. The molecule has 0 bridgehead atoms. The van der Waals surface area contributed by atoms with Gasteiger partial charge < -0.3 is 20.1 Å². The number of halogens is 2. The molecule has 0 aliphatic carbocycles. The molecule has 0 spiro atoms. The summed E-state index contributed by atoms with van der Waals surface area (Å²) in [4.78, 5) is 6.16. The number of anilines is 1. The van der Waals surface area contributed by atoms with Crippen molar-refractivity contribution >= 4 is 5.82 Å². The van der Waals surface area contributed by atoms with Crippen LogP contribution in [0.15, 0.2) is 36.8 Å². The van der Waals surface area contributed by atoms with Gasteiger partial charge in [-0.05, 0) is 55.6 Å². The lowest BCUT2D eigenvalue weighted by Crippen LogP contribution is -2.20. The van der Waals surface area contributed by atoms with E-state index in [-0.39, 0.29) is 35.7 Å². The van der Waals surface area contributed by atoms with E-state index in [0.717, 1.165) is 28.7 Å². The number of hydrogen-bond donors (Lipinski definition) is 1. The first-order valence-corrected chi connectivity index (χ1v) is 11.8. The molecule has 0 atom stereocenters. The van der Waals surface area contributed by atoms with Gasteiger partial charge in [0.25, 0.3) is 0 Å². The maximum absolute atomic E-state index is 15.1. The van der Waals surface area contributed by atoms with Gasteiger partial charge in [-0.3, -0.25) is 4.68 Å². The molecular weight excluding hydrogens is 484 g/mol. The molecule has 13 heteroatoms. The summed E-state index contributed by atoms with van der Waals surface area (Å²) in [6, 6.07) is 4.72. The van der Waals surface area contributed by atoms with Crippen molar-refractivity contribution in [2.24, 2.45) is 0 Å². The number of nitrogens with zero attached hydrogens (tertiary/aromatic N) is 8. The molecule has 2 N–H and O–H groups in total. The van der Waals surface area contributed by atoms with Gasteiger partial charge in [-0.15, -0.1) is 5.10 Å². The molecule has 1 aliphatic rings. The van der Waals surface area contributed by atoms with E-state index in [9.17, 15) is 4.39 Å². The van der Waals surface area contributed by atoms with Crippen LogP contribution in [0.5, 0.6) is 5.75 Å². The SMILES string of the molecule is CN(C)CCOc1ccc(-n2nnnc2-c2cc(-c3cnn(C4CCOCC4)c3)cnc2N)c(F)c1F. The van der Waals surface area contributed by atoms with Crippen molar-refractivity contribution in [3.63, 3.8) is 0 Å². The number of ether oxygens (including phenoxy) is 2. The number of benzene rings is 1. The van der Waals surface area contributed by atoms with Gasteiger partial charge >= 0.3 is 0 Å². The van der Waals surface area contributed by atoms with Gasteiger partial charge in [-0.2, -0.15) is 14.2 Å². The number of rotatable bonds is 8. The fourth-order valence-electron chi connectivity index (χ4n) is 4.10. The Morgan fingerprint density at radius 2 is 1.95 bits per heavy atom. The third-order valence-electron chi connectivity index (χ3n) is 6.18. The molecule has 0 amide bonds. The third-order valence-corrected chi connectivity index (χ3v) is 6.18. The highest BCUT2D eigenvalue weighted by Gasteiger charge is 2.23. The lowest BCUT2D eigenvalue weighted by atomic mass is 10.1. The first kappa shape index (κ1) is 24.7. The molecule has 1 saturated heterocycles. The standard InChI is InChI=1S/C24H27F2N9O2/c1-33(2)7-10-37-20-4-3-19(21(25)22(20)26)35-24(30-31-32-35)18-11-15(12-28-23(18)27)16-13-29-34(14-16)17-5-8-36-9-6-17/h3-4,11-14,17H,5-10H2,1-2H3,(H2,27,28). The highest BCUT2D eigenvalue weighted by Crippen LogP contribution is 2.32.